The molecule has 0 aliphatic heterocycles. The molecule has 0 aromatic heterocycles. The van der Waals surface area contributed by atoms with E-state index in [1.54, 1.807) is 0 Å². The quantitative estimate of drug-likeness (QED) is 0.126. The van der Waals surface area contributed by atoms with Gasteiger partial charge in [0.2, 0.25) is 0 Å². The summed E-state index contributed by atoms with van der Waals surface area (Å²) in [5.41, 5.74) is 33.3. The van der Waals surface area contributed by atoms with E-state index in [1.165, 1.54) is 151 Å². The van der Waals surface area contributed by atoms with E-state index in [-0.39, 0.29) is 10.8 Å². The summed E-state index contributed by atoms with van der Waals surface area (Å²) >= 11 is 0. The van der Waals surface area contributed by atoms with E-state index in [9.17, 15) is 0 Å². The summed E-state index contributed by atoms with van der Waals surface area (Å²) in [4.78, 5) is 0. The number of benzene rings is 10. The Labute approximate surface area is 491 Å². The van der Waals surface area contributed by atoms with E-state index < -0.39 is 0 Å². The molecule has 1 atom stereocenters. The third-order valence-corrected chi connectivity index (χ3v) is 17.9. The highest BCUT2D eigenvalue weighted by Gasteiger charge is 2.40. The average molecular weight is 1070 g/mol. The van der Waals surface area contributed by atoms with Crippen LogP contribution in [-0.4, -0.2) is 0 Å². The maximum atomic E-state index is 4.00. The van der Waals surface area contributed by atoms with Gasteiger partial charge < -0.3 is 0 Å². The second-order valence-corrected chi connectivity index (χ2v) is 23.9. The summed E-state index contributed by atoms with van der Waals surface area (Å²) in [5, 5.41) is 2.76. The zero-order chi connectivity index (χ0) is 57.9. The van der Waals surface area contributed by atoms with Crippen molar-refractivity contribution in [2.75, 3.05) is 0 Å². The second-order valence-electron chi connectivity index (χ2n) is 23.9. The molecule has 0 fully saturated rings. The third kappa shape index (κ3) is 10.6. The summed E-state index contributed by atoms with van der Waals surface area (Å²) in [6, 6.07) is 76.2. The zero-order valence-corrected chi connectivity index (χ0v) is 50.3. The molecule has 10 aromatic rings. The minimum atomic E-state index is 0.0353. The van der Waals surface area contributed by atoms with Gasteiger partial charge in [0.25, 0.3) is 0 Å². The summed E-state index contributed by atoms with van der Waals surface area (Å²) in [6.07, 6.45) is 17.4. The lowest BCUT2D eigenvalue weighted by Crippen LogP contribution is -2.16. The Kier molecular flexibility index (Phi) is 16.6. The zero-order valence-electron chi connectivity index (χ0n) is 50.3. The fourth-order valence-corrected chi connectivity index (χ4v) is 13.6. The van der Waals surface area contributed by atoms with Crippen LogP contribution in [0.5, 0.6) is 0 Å². The lowest BCUT2D eigenvalue weighted by molar-refractivity contribution is 0.626. The number of terminal acetylenes is 1. The van der Waals surface area contributed by atoms with Crippen molar-refractivity contribution in [3.8, 4) is 79.6 Å². The van der Waals surface area contributed by atoms with Gasteiger partial charge in [-0.25, -0.2) is 0 Å². The molecule has 3 aliphatic rings. The minimum Gasteiger partial charge on any atom is -0.124 e. The van der Waals surface area contributed by atoms with Crippen LogP contribution in [-0.2, 0) is 23.7 Å². The lowest BCUT2D eigenvalue weighted by atomic mass is 9.79. The van der Waals surface area contributed by atoms with Gasteiger partial charge in [-0.3, -0.25) is 0 Å². The molecule has 0 heterocycles. The van der Waals surface area contributed by atoms with Crippen LogP contribution >= 0.6 is 0 Å². The van der Waals surface area contributed by atoms with Gasteiger partial charge in [-0.15, -0.1) is 12.8 Å². The van der Waals surface area contributed by atoms with Crippen LogP contribution in [0.1, 0.15) is 130 Å². The standard InChI is InChI=1S/C33H38.C25H20.C22H20.C2H2/c1-8-13-29-28(16-12-17-30(29)26-15-11-10-14-23(26)4)25(9-2)21-31-24(5)27-19-18-22(3)20-32(27)33(31,6)7;1-2-6-17-11-13-18(14-12-17)19-15-16-24-21-8-4-3-7-20(21)23-10-5-9-22(19)25(23)24;1-15-9-11-18-19-12-10-17(16-7-5-4-6-8-16)14-21(19)22(2,3)20(18)13-15;1-2/h9-12,14-21,24H,8,13H2,1-7H3;3-5,7-16H,2,6H2,1H3;4-14H,1-3H3;1-2H/b25-9+,31-21+;;;. The Balaban J connectivity index is 0.000000138. The first-order valence-corrected chi connectivity index (χ1v) is 29.8. The predicted octanol–water partition coefficient (Wildman–Crippen LogP) is 22.7. The highest BCUT2D eigenvalue weighted by Crippen LogP contribution is 2.53. The Morgan fingerprint density at radius 1 is 0.451 bits per heavy atom. The lowest BCUT2D eigenvalue weighted by Gasteiger charge is -2.25. The summed E-state index contributed by atoms with van der Waals surface area (Å²) < 4.78 is 0. The van der Waals surface area contributed by atoms with E-state index in [0.717, 1.165) is 19.3 Å². The monoisotopic (exact) mass is 1060 g/mol. The molecule has 13 rings (SSSR count). The third-order valence-electron chi connectivity index (χ3n) is 17.9. The topological polar surface area (TPSA) is 0 Å². The Morgan fingerprint density at radius 3 is 1.66 bits per heavy atom. The summed E-state index contributed by atoms with van der Waals surface area (Å²) in [7, 11) is 0. The van der Waals surface area contributed by atoms with E-state index in [0.29, 0.717) is 5.92 Å². The molecule has 10 aromatic carbocycles. The van der Waals surface area contributed by atoms with Crippen LogP contribution in [0.3, 0.4) is 0 Å². The van der Waals surface area contributed by atoms with Crippen molar-refractivity contribution in [1.82, 2.24) is 0 Å². The van der Waals surface area contributed by atoms with Crippen LogP contribution in [0.15, 0.2) is 224 Å². The maximum Gasteiger partial charge on any atom is 0.0159 e. The van der Waals surface area contributed by atoms with Crippen molar-refractivity contribution in [3.63, 3.8) is 0 Å². The van der Waals surface area contributed by atoms with Crippen LogP contribution < -0.4 is 0 Å². The molecule has 3 aliphatic carbocycles. The molecule has 0 N–H and O–H groups in total. The van der Waals surface area contributed by atoms with Crippen LogP contribution in [0.25, 0.3) is 83.1 Å². The highest BCUT2D eigenvalue weighted by molar-refractivity contribution is 6.18. The minimum absolute atomic E-state index is 0.0353. The van der Waals surface area contributed by atoms with Crippen molar-refractivity contribution < 1.29 is 0 Å². The molecule has 0 saturated carbocycles. The van der Waals surface area contributed by atoms with Crippen LogP contribution in [0, 0.1) is 33.6 Å². The second kappa shape index (κ2) is 23.9. The molecule has 0 bridgehead atoms. The van der Waals surface area contributed by atoms with Gasteiger partial charge in [-0.1, -0.05) is 290 Å². The number of fused-ring (bicyclic) bond motifs is 7. The number of aryl methyl sites for hydroxylation is 4. The number of rotatable bonds is 9. The fraction of sp³-hybridized carbons (Fsp3) is 0.220. The number of hydrogen-bond acceptors (Lipinski definition) is 0. The van der Waals surface area contributed by atoms with E-state index in [4.69, 9.17) is 0 Å². The molecule has 0 radical (unpaired) electrons. The van der Waals surface area contributed by atoms with Gasteiger partial charge >= 0.3 is 0 Å². The Morgan fingerprint density at radius 2 is 0.988 bits per heavy atom. The van der Waals surface area contributed by atoms with Gasteiger partial charge in [-0.05, 0) is 174 Å². The first kappa shape index (κ1) is 56.8. The first-order chi connectivity index (χ1) is 39.7. The fourth-order valence-electron chi connectivity index (χ4n) is 13.6. The summed E-state index contributed by atoms with van der Waals surface area (Å²) in [5.74, 6) is 0.430. The largest absolute Gasteiger partial charge is 0.124 e. The smallest absolute Gasteiger partial charge is 0.0159 e. The van der Waals surface area contributed by atoms with Gasteiger partial charge in [0.05, 0.1) is 0 Å². The molecule has 1 unspecified atom stereocenters. The molecule has 0 heteroatoms. The molecule has 0 amide bonds. The van der Waals surface area contributed by atoms with Gasteiger partial charge in [0.15, 0.2) is 0 Å². The van der Waals surface area contributed by atoms with Crippen molar-refractivity contribution >= 4 is 16.3 Å². The van der Waals surface area contributed by atoms with Gasteiger partial charge in [-0.2, -0.15) is 0 Å². The van der Waals surface area contributed by atoms with E-state index >= 15 is 0 Å². The highest BCUT2D eigenvalue weighted by atomic mass is 14.4. The summed E-state index contributed by atoms with van der Waals surface area (Å²) in [6.45, 7) is 25.1. The maximum absolute atomic E-state index is 4.00. The molecule has 408 valence electrons. The van der Waals surface area contributed by atoms with Crippen molar-refractivity contribution in [3.05, 3.63) is 280 Å². The van der Waals surface area contributed by atoms with Crippen LogP contribution in [0.4, 0.5) is 0 Å². The number of allylic oxidation sites excluding steroid dienone is 4. The first-order valence-electron chi connectivity index (χ1n) is 29.8. The Bertz CT molecular complexity index is 4020. The predicted molar refractivity (Wildman–Crippen MR) is 357 cm³/mol. The van der Waals surface area contributed by atoms with E-state index in [1.807, 2.05) is 0 Å². The molecule has 82 heavy (non-hydrogen) atoms. The molecular formula is C82H80. The SMILES string of the molecule is C#C.C/C=C(\C=C1/C(C)c2ccc(C)cc2C1(C)C)c1cccc(-c2ccccc2C)c1CCC.CCCc1ccc(-c2ccc3c4c(cccc24)-c2ccccc2-3)cc1.Cc1ccc2c(c1)C(C)(C)c1cc(-c3ccccc3)ccc1-2. The average Bonchev–Trinajstić information content (AvgIpc) is 4.12. The molecule has 0 saturated heterocycles. The van der Waals surface area contributed by atoms with Crippen molar-refractivity contribution in [2.24, 2.45) is 0 Å². The van der Waals surface area contributed by atoms with Crippen LogP contribution in [0.2, 0.25) is 0 Å². The van der Waals surface area contributed by atoms with Gasteiger partial charge in [0, 0.05) is 16.7 Å². The van der Waals surface area contributed by atoms with Crippen molar-refractivity contribution in [2.45, 2.75) is 119 Å². The molecule has 0 nitrogen and oxygen atoms in total. The van der Waals surface area contributed by atoms with E-state index in [2.05, 4.69) is 307 Å². The number of hydrogen-bond donors (Lipinski definition) is 0. The van der Waals surface area contributed by atoms with Crippen molar-refractivity contribution in [1.29, 1.82) is 0 Å². The Hall–Kier alpha value is -8.50. The normalized spacial score (nSPS) is 15.0. The molecular weight excluding hydrogens is 985 g/mol. The van der Waals surface area contributed by atoms with Gasteiger partial charge in [0.1, 0.15) is 0 Å². The molecule has 0 spiro atoms.